The monoisotopic (exact) mass is 259 g/mol. The van der Waals surface area contributed by atoms with Crippen molar-refractivity contribution in [2.24, 2.45) is 0 Å². The Kier molecular flexibility index (Phi) is 3.93. The first-order valence-electron chi connectivity index (χ1n) is 3.98. The number of alkyl halides is 4. The Morgan fingerprint density at radius 2 is 2.06 bits per heavy atom. The Balaban J connectivity index is 3.16. The quantitative estimate of drug-likeness (QED) is 0.669. The fraction of sp³-hybridized carbons (Fsp3) is 0.375. The number of hydrogen-bond acceptors (Lipinski definition) is 3. The second-order valence-electron chi connectivity index (χ2n) is 2.73. The van der Waals surface area contributed by atoms with Crippen molar-refractivity contribution in [3.8, 4) is 5.88 Å². The summed E-state index contributed by atoms with van der Waals surface area (Å²) in [6.07, 6.45) is -5.05. The van der Waals surface area contributed by atoms with E-state index < -0.39 is 24.7 Å². The molecule has 1 aromatic heterocycles. The third-order valence-electron chi connectivity index (χ3n) is 1.58. The minimum Gasteiger partial charge on any atom is -0.392 e. The topological polar surface area (TPSA) is 42.4 Å². The van der Waals surface area contributed by atoms with Crippen LogP contribution in [0, 0.1) is 5.82 Å². The van der Waals surface area contributed by atoms with E-state index in [1.165, 1.54) is 0 Å². The molecular weight excluding hydrogens is 254 g/mol. The minimum absolute atomic E-state index is 0.0219. The van der Waals surface area contributed by atoms with E-state index in [2.05, 4.69) is 9.72 Å². The van der Waals surface area contributed by atoms with Crippen molar-refractivity contribution < 1.29 is 27.4 Å². The van der Waals surface area contributed by atoms with Gasteiger partial charge >= 0.3 is 6.36 Å². The average Bonchev–Trinajstić information content (AvgIpc) is 2.19. The van der Waals surface area contributed by atoms with Crippen LogP contribution in [0.1, 0.15) is 11.3 Å². The van der Waals surface area contributed by atoms with Crippen LogP contribution in [0.4, 0.5) is 17.6 Å². The van der Waals surface area contributed by atoms with Gasteiger partial charge in [0.2, 0.25) is 0 Å². The van der Waals surface area contributed by atoms with Crippen LogP contribution in [0.5, 0.6) is 5.88 Å². The van der Waals surface area contributed by atoms with Crippen LogP contribution in [0.15, 0.2) is 6.07 Å². The molecule has 0 unspecified atom stereocenters. The predicted molar refractivity (Wildman–Crippen MR) is 46.4 cm³/mol. The van der Waals surface area contributed by atoms with Gasteiger partial charge in [0.25, 0.3) is 5.88 Å². The molecule has 8 heteroatoms. The fourth-order valence-electron chi connectivity index (χ4n) is 0.974. The van der Waals surface area contributed by atoms with Gasteiger partial charge in [-0.15, -0.1) is 24.8 Å². The first-order chi connectivity index (χ1) is 7.37. The lowest BCUT2D eigenvalue weighted by Crippen LogP contribution is -2.19. The summed E-state index contributed by atoms with van der Waals surface area (Å²) in [5.74, 6) is -2.81. The standard InChI is InChI=1S/C8H6ClF4NO2/c9-2-5-1-4(3-15)6(10)7(14-5)16-8(11,12)13/h1,15H,2-3H2. The number of ether oxygens (including phenoxy) is 1. The Hall–Kier alpha value is -1.08. The number of pyridine rings is 1. The van der Waals surface area contributed by atoms with Crippen LogP contribution in [-0.4, -0.2) is 16.5 Å². The number of rotatable bonds is 3. The summed E-state index contributed by atoms with van der Waals surface area (Å²) in [6, 6.07) is 1.06. The summed E-state index contributed by atoms with van der Waals surface area (Å²) < 4.78 is 52.2. The van der Waals surface area contributed by atoms with Gasteiger partial charge in [-0.25, -0.2) is 9.37 Å². The SMILES string of the molecule is OCc1cc(CCl)nc(OC(F)(F)F)c1F. The van der Waals surface area contributed by atoms with Crippen LogP contribution in [-0.2, 0) is 12.5 Å². The highest BCUT2D eigenvalue weighted by molar-refractivity contribution is 6.16. The Morgan fingerprint density at radius 1 is 1.44 bits per heavy atom. The molecule has 0 aliphatic rings. The maximum atomic E-state index is 13.2. The van der Waals surface area contributed by atoms with Crippen LogP contribution in [0.2, 0.25) is 0 Å². The molecule has 0 bridgehead atoms. The van der Waals surface area contributed by atoms with E-state index in [9.17, 15) is 17.6 Å². The van der Waals surface area contributed by atoms with Crippen molar-refractivity contribution >= 4 is 11.6 Å². The number of aliphatic hydroxyl groups excluding tert-OH is 1. The zero-order valence-corrected chi connectivity index (χ0v) is 8.44. The molecule has 1 aromatic rings. The number of hydrogen-bond donors (Lipinski definition) is 1. The minimum atomic E-state index is -5.05. The van der Waals surface area contributed by atoms with E-state index in [1.54, 1.807) is 0 Å². The van der Waals surface area contributed by atoms with Gasteiger partial charge < -0.3 is 9.84 Å². The maximum Gasteiger partial charge on any atom is 0.574 e. The molecule has 0 spiro atoms. The van der Waals surface area contributed by atoms with Gasteiger partial charge in [0.1, 0.15) is 0 Å². The summed E-state index contributed by atoms with van der Waals surface area (Å²) in [6.45, 7) is -0.771. The molecule has 3 nitrogen and oxygen atoms in total. The molecule has 0 aromatic carbocycles. The van der Waals surface area contributed by atoms with E-state index in [0.717, 1.165) is 6.07 Å². The van der Waals surface area contributed by atoms with Crippen molar-refractivity contribution in [2.45, 2.75) is 18.8 Å². The van der Waals surface area contributed by atoms with Crippen LogP contribution < -0.4 is 4.74 Å². The van der Waals surface area contributed by atoms with Gasteiger partial charge in [0, 0.05) is 5.56 Å². The van der Waals surface area contributed by atoms with E-state index in [4.69, 9.17) is 16.7 Å². The second kappa shape index (κ2) is 4.84. The summed E-state index contributed by atoms with van der Waals surface area (Å²) in [5.41, 5.74) is -0.378. The maximum absolute atomic E-state index is 13.2. The van der Waals surface area contributed by atoms with Gasteiger partial charge in [-0.1, -0.05) is 0 Å². The molecule has 0 atom stereocenters. The van der Waals surface area contributed by atoms with Gasteiger partial charge in [-0.2, -0.15) is 0 Å². The number of nitrogens with zero attached hydrogens (tertiary/aromatic N) is 1. The molecule has 0 amide bonds. The first kappa shape index (κ1) is 13.0. The van der Waals surface area contributed by atoms with E-state index in [-0.39, 0.29) is 17.1 Å². The second-order valence-corrected chi connectivity index (χ2v) is 3.00. The lowest BCUT2D eigenvalue weighted by Gasteiger charge is -2.11. The zero-order valence-electron chi connectivity index (χ0n) is 7.68. The molecule has 1 rings (SSSR count). The normalized spacial score (nSPS) is 11.6. The highest BCUT2D eigenvalue weighted by atomic mass is 35.5. The molecule has 0 saturated heterocycles. The highest BCUT2D eigenvalue weighted by Gasteiger charge is 2.34. The van der Waals surface area contributed by atoms with E-state index in [0.29, 0.717) is 0 Å². The number of aromatic nitrogens is 1. The molecule has 0 radical (unpaired) electrons. The Bertz CT molecular complexity index is 383. The summed E-state index contributed by atoms with van der Waals surface area (Å²) in [7, 11) is 0. The highest BCUT2D eigenvalue weighted by Crippen LogP contribution is 2.26. The van der Waals surface area contributed by atoms with Crippen molar-refractivity contribution in [2.75, 3.05) is 0 Å². The number of aliphatic hydroxyl groups is 1. The van der Waals surface area contributed by atoms with Crippen molar-refractivity contribution in [3.63, 3.8) is 0 Å². The Morgan fingerprint density at radius 3 is 2.50 bits per heavy atom. The van der Waals surface area contributed by atoms with Crippen molar-refractivity contribution in [3.05, 3.63) is 23.1 Å². The largest absolute Gasteiger partial charge is 0.574 e. The molecule has 16 heavy (non-hydrogen) atoms. The molecular formula is C8H6ClF4NO2. The predicted octanol–water partition coefficient (Wildman–Crippen LogP) is 2.35. The van der Waals surface area contributed by atoms with Gasteiger partial charge in [0.05, 0.1) is 18.2 Å². The summed E-state index contributed by atoms with van der Waals surface area (Å²) in [5, 5.41) is 8.71. The van der Waals surface area contributed by atoms with Crippen LogP contribution in [0.3, 0.4) is 0 Å². The lowest BCUT2D eigenvalue weighted by molar-refractivity contribution is -0.277. The molecule has 0 aliphatic carbocycles. The van der Waals surface area contributed by atoms with Crippen LogP contribution in [0.25, 0.3) is 0 Å². The van der Waals surface area contributed by atoms with Gasteiger partial charge in [-0.3, -0.25) is 0 Å². The zero-order chi connectivity index (χ0) is 12.3. The first-order valence-corrected chi connectivity index (χ1v) is 4.51. The third-order valence-corrected chi connectivity index (χ3v) is 1.85. The fourth-order valence-corrected chi connectivity index (χ4v) is 1.11. The molecule has 0 saturated carbocycles. The van der Waals surface area contributed by atoms with Gasteiger partial charge in [0.15, 0.2) is 5.82 Å². The van der Waals surface area contributed by atoms with E-state index >= 15 is 0 Å². The lowest BCUT2D eigenvalue weighted by atomic mass is 10.2. The smallest absolute Gasteiger partial charge is 0.392 e. The molecule has 0 aliphatic heterocycles. The molecule has 1 heterocycles. The van der Waals surface area contributed by atoms with Crippen molar-refractivity contribution in [1.29, 1.82) is 0 Å². The average molecular weight is 260 g/mol. The van der Waals surface area contributed by atoms with E-state index in [1.807, 2.05) is 0 Å². The number of halogens is 5. The molecule has 90 valence electrons. The summed E-state index contributed by atoms with van der Waals surface area (Å²) in [4.78, 5) is 3.22. The molecule has 1 N–H and O–H groups in total. The van der Waals surface area contributed by atoms with Crippen molar-refractivity contribution in [1.82, 2.24) is 4.98 Å². The third kappa shape index (κ3) is 3.21. The molecule has 0 fully saturated rings. The van der Waals surface area contributed by atoms with Crippen LogP contribution >= 0.6 is 11.6 Å². The summed E-state index contributed by atoms with van der Waals surface area (Å²) >= 11 is 5.35. The Labute approximate surface area is 92.6 Å². The van der Waals surface area contributed by atoms with Gasteiger partial charge in [-0.05, 0) is 6.07 Å².